The summed E-state index contributed by atoms with van der Waals surface area (Å²) in [6, 6.07) is 0. The van der Waals surface area contributed by atoms with Crippen LogP contribution in [0.2, 0.25) is 0 Å². The summed E-state index contributed by atoms with van der Waals surface area (Å²) in [5.41, 5.74) is 0.641. The summed E-state index contributed by atoms with van der Waals surface area (Å²) in [6.45, 7) is 7.03. The van der Waals surface area contributed by atoms with Gasteiger partial charge in [-0.15, -0.1) is 11.6 Å². The fraction of sp³-hybridized carbons (Fsp3) is 0.444. The van der Waals surface area contributed by atoms with E-state index in [1.807, 2.05) is 0 Å². The van der Waals surface area contributed by atoms with Crippen molar-refractivity contribution in [3.8, 4) is 0 Å². The maximum Gasteiger partial charge on any atom is 0.352 e. The van der Waals surface area contributed by atoms with Gasteiger partial charge in [-0.2, -0.15) is 0 Å². The summed E-state index contributed by atoms with van der Waals surface area (Å²) in [4.78, 5) is 16.0. The first kappa shape index (κ1) is 9.00. The lowest BCUT2D eigenvalue weighted by Gasteiger charge is -2.01. The number of carbonyl (C=O) groups excluding carboxylic acids is 1. The molecule has 3 heteroatoms. The Bertz CT molecular complexity index is 217. The van der Waals surface area contributed by atoms with Crippen molar-refractivity contribution >= 4 is 5.97 Å². The van der Waals surface area contributed by atoms with Crippen molar-refractivity contribution in [2.24, 2.45) is 0 Å². The molecule has 0 saturated carbocycles. The number of hydrogen-bond donors (Lipinski definition) is 0. The fourth-order valence-corrected chi connectivity index (χ4v) is 0.665. The molecular weight excluding hydrogens is 154 g/mol. The molecule has 0 aromatic rings. The molecule has 0 radical (unpaired) electrons. The van der Waals surface area contributed by atoms with Gasteiger partial charge in [0.25, 0.3) is 0 Å². The van der Waals surface area contributed by atoms with Crippen LogP contribution in [0.15, 0.2) is 24.3 Å². The van der Waals surface area contributed by atoms with E-state index < -0.39 is 0 Å². The van der Waals surface area contributed by atoms with Gasteiger partial charge in [0.05, 0.1) is 13.1 Å². The van der Waals surface area contributed by atoms with E-state index in [0.29, 0.717) is 12.0 Å². The van der Waals surface area contributed by atoms with Crippen molar-refractivity contribution in [1.82, 2.24) is 5.06 Å². The number of hydrogen-bond acceptors (Lipinski definition) is 3. The zero-order valence-electron chi connectivity index (χ0n) is 7.25. The summed E-state index contributed by atoms with van der Waals surface area (Å²) < 4.78 is 0. The summed E-state index contributed by atoms with van der Waals surface area (Å²) in [7, 11) is 0. The average Bonchev–Trinajstić information content (AvgIpc) is 2.83. The molecule has 0 unspecified atom stereocenters. The normalized spacial score (nSPS) is 17.2. The molecule has 0 aromatic carbocycles. The van der Waals surface area contributed by atoms with Crippen LogP contribution in [-0.4, -0.2) is 24.1 Å². The van der Waals surface area contributed by atoms with Crippen LogP contribution in [0.25, 0.3) is 0 Å². The Morgan fingerprint density at radius 3 is 2.83 bits per heavy atom. The molecule has 12 heavy (non-hydrogen) atoms. The molecule has 0 aliphatic carbocycles. The van der Waals surface area contributed by atoms with E-state index >= 15 is 0 Å². The van der Waals surface area contributed by atoms with Crippen LogP contribution in [0.1, 0.15) is 13.3 Å². The standard InChI is InChI=1S/C9H13NO2/c1-3-4-5-8(2)9(11)12-10-6-7-10/h3,5H,1,4,6-7H2,2H3. The van der Waals surface area contributed by atoms with Crippen molar-refractivity contribution in [2.75, 3.05) is 13.1 Å². The minimum absolute atomic E-state index is 0.255. The smallest absolute Gasteiger partial charge is 0.352 e. The highest BCUT2D eigenvalue weighted by Crippen LogP contribution is 2.08. The van der Waals surface area contributed by atoms with Gasteiger partial charge in [-0.1, -0.05) is 12.2 Å². The molecule has 0 spiro atoms. The van der Waals surface area contributed by atoms with Gasteiger partial charge in [-0.25, -0.2) is 4.79 Å². The zero-order valence-corrected chi connectivity index (χ0v) is 7.25. The predicted molar refractivity (Wildman–Crippen MR) is 46.2 cm³/mol. The van der Waals surface area contributed by atoms with E-state index in [1.165, 1.54) is 0 Å². The molecule has 1 rings (SSSR count). The van der Waals surface area contributed by atoms with Crippen molar-refractivity contribution in [3.05, 3.63) is 24.3 Å². The Hall–Kier alpha value is -1.09. The van der Waals surface area contributed by atoms with E-state index in [-0.39, 0.29) is 5.97 Å². The molecule has 1 fully saturated rings. The average molecular weight is 167 g/mol. The summed E-state index contributed by atoms with van der Waals surface area (Å²) in [5, 5.41) is 1.62. The Morgan fingerprint density at radius 2 is 2.33 bits per heavy atom. The molecule has 1 aliphatic heterocycles. The second-order valence-electron chi connectivity index (χ2n) is 2.72. The lowest BCUT2D eigenvalue weighted by atomic mass is 10.2. The Labute approximate surface area is 72.3 Å². The van der Waals surface area contributed by atoms with Gasteiger partial charge in [0, 0.05) is 5.57 Å². The van der Waals surface area contributed by atoms with Crippen molar-refractivity contribution in [3.63, 3.8) is 0 Å². The van der Waals surface area contributed by atoms with E-state index in [0.717, 1.165) is 13.1 Å². The number of rotatable bonds is 4. The summed E-state index contributed by atoms with van der Waals surface area (Å²) in [6.07, 6.45) is 4.26. The van der Waals surface area contributed by atoms with Gasteiger partial charge < -0.3 is 4.84 Å². The molecular formula is C9H13NO2. The van der Waals surface area contributed by atoms with E-state index in [2.05, 4.69) is 6.58 Å². The molecule has 0 atom stereocenters. The third-order valence-corrected chi connectivity index (χ3v) is 1.53. The van der Waals surface area contributed by atoms with E-state index in [4.69, 9.17) is 4.84 Å². The fourth-order valence-electron chi connectivity index (χ4n) is 0.665. The monoisotopic (exact) mass is 167 g/mol. The van der Waals surface area contributed by atoms with Crippen LogP contribution in [0.5, 0.6) is 0 Å². The van der Waals surface area contributed by atoms with Gasteiger partial charge in [-0.05, 0) is 13.3 Å². The Kier molecular flexibility index (Phi) is 3.05. The lowest BCUT2D eigenvalue weighted by molar-refractivity contribution is -0.160. The summed E-state index contributed by atoms with van der Waals surface area (Å²) in [5.74, 6) is -0.255. The highest BCUT2D eigenvalue weighted by atomic mass is 16.7. The number of nitrogens with zero attached hydrogens (tertiary/aromatic N) is 1. The summed E-state index contributed by atoms with van der Waals surface area (Å²) >= 11 is 0. The van der Waals surface area contributed by atoms with Gasteiger partial charge in [-0.3, -0.25) is 0 Å². The van der Waals surface area contributed by atoms with Gasteiger partial charge in [0.1, 0.15) is 0 Å². The Balaban J connectivity index is 2.32. The first-order valence-corrected chi connectivity index (χ1v) is 3.99. The van der Waals surface area contributed by atoms with Crippen molar-refractivity contribution in [2.45, 2.75) is 13.3 Å². The second kappa shape index (κ2) is 4.07. The Morgan fingerprint density at radius 1 is 1.67 bits per heavy atom. The number of carbonyl (C=O) groups is 1. The maximum atomic E-state index is 11.1. The zero-order chi connectivity index (χ0) is 8.97. The molecule has 1 saturated heterocycles. The third kappa shape index (κ3) is 2.88. The first-order valence-electron chi connectivity index (χ1n) is 3.99. The lowest BCUT2D eigenvalue weighted by Crippen LogP contribution is -2.10. The van der Waals surface area contributed by atoms with Crippen LogP contribution in [0.4, 0.5) is 0 Å². The second-order valence-corrected chi connectivity index (χ2v) is 2.72. The maximum absolute atomic E-state index is 11.1. The van der Waals surface area contributed by atoms with E-state index in [1.54, 1.807) is 24.1 Å². The topological polar surface area (TPSA) is 29.3 Å². The highest BCUT2D eigenvalue weighted by molar-refractivity contribution is 5.87. The molecule has 0 amide bonds. The van der Waals surface area contributed by atoms with Crippen LogP contribution >= 0.6 is 0 Å². The quantitative estimate of drug-likeness (QED) is 0.359. The molecule has 0 bridgehead atoms. The van der Waals surface area contributed by atoms with E-state index in [9.17, 15) is 4.79 Å². The van der Waals surface area contributed by atoms with Crippen molar-refractivity contribution < 1.29 is 9.63 Å². The van der Waals surface area contributed by atoms with Gasteiger partial charge >= 0.3 is 5.97 Å². The number of allylic oxidation sites excluding steroid dienone is 2. The molecule has 1 heterocycles. The largest absolute Gasteiger partial charge is 0.364 e. The minimum Gasteiger partial charge on any atom is -0.364 e. The van der Waals surface area contributed by atoms with Crippen molar-refractivity contribution in [1.29, 1.82) is 0 Å². The van der Waals surface area contributed by atoms with Gasteiger partial charge in [0.2, 0.25) is 0 Å². The SMILES string of the molecule is C=CCC=C(C)C(=O)ON1CC1. The molecule has 0 aromatic heterocycles. The highest BCUT2D eigenvalue weighted by Gasteiger charge is 2.22. The molecule has 3 nitrogen and oxygen atoms in total. The first-order chi connectivity index (χ1) is 5.74. The molecule has 0 N–H and O–H groups in total. The van der Waals surface area contributed by atoms with Crippen LogP contribution < -0.4 is 0 Å². The van der Waals surface area contributed by atoms with Gasteiger partial charge in [0.15, 0.2) is 0 Å². The molecule has 66 valence electrons. The van der Waals surface area contributed by atoms with Crippen LogP contribution in [-0.2, 0) is 9.63 Å². The number of hydroxylamine groups is 2. The van der Waals surface area contributed by atoms with Crippen LogP contribution in [0.3, 0.4) is 0 Å². The predicted octanol–water partition coefficient (Wildman–Crippen LogP) is 1.28. The van der Waals surface area contributed by atoms with Crippen LogP contribution in [0, 0.1) is 0 Å². The third-order valence-electron chi connectivity index (χ3n) is 1.53. The minimum atomic E-state index is -0.255. The molecule has 1 aliphatic rings.